The number of rotatable bonds is 3. The molecular formula is C19H22N4O2. The van der Waals surface area contributed by atoms with E-state index in [0.717, 1.165) is 36.1 Å². The first kappa shape index (κ1) is 15.9. The van der Waals surface area contributed by atoms with Gasteiger partial charge in [0, 0.05) is 49.7 Å². The van der Waals surface area contributed by atoms with Crippen LogP contribution >= 0.6 is 0 Å². The molecule has 1 saturated carbocycles. The van der Waals surface area contributed by atoms with Crippen molar-refractivity contribution in [2.75, 3.05) is 13.1 Å². The molecule has 6 nitrogen and oxygen atoms in total. The monoisotopic (exact) mass is 338 g/mol. The Kier molecular flexibility index (Phi) is 4.26. The molecule has 130 valence electrons. The lowest BCUT2D eigenvalue weighted by atomic mass is 10.1. The second-order valence-corrected chi connectivity index (χ2v) is 6.80. The highest BCUT2D eigenvalue weighted by Crippen LogP contribution is 2.20. The molecule has 0 aromatic carbocycles. The number of pyridine rings is 2. The summed E-state index contributed by atoms with van der Waals surface area (Å²) in [7, 11) is 0. The Labute approximate surface area is 146 Å². The lowest BCUT2D eigenvalue weighted by Crippen LogP contribution is -2.42. The molecule has 2 aromatic rings. The van der Waals surface area contributed by atoms with Gasteiger partial charge in [0.2, 0.25) is 0 Å². The van der Waals surface area contributed by atoms with Gasteiger partial charge in [-0.1, -0.05) is 6.07 Å². The van der Waals surface area contributed by atoms with Crippen molar-refractivity contribution in [2.24, 2.45) is 0 Å². The standard InChI is InChI=1S/C19H22N4O2/c24-18-4-1-15-7-11-22(19(25)21-16-2-3-16)12-8-17(15)23(18)13-14-5-9-20-10-6-14/h1,4-6,9-10,16H,2-3,7-8,11-13H2,(H,21,25). The number of urea groups is 1. The third-order valence-corrected chi connectivity index (χ3v) is 4.94. The van der Waals surface area contributed by atoms with E-state index in [9.17, 15) is 9.59 Å². The fraction of sp³-hybridized carbons (Fsp3) is 0.421. The summed E-state index contributed by atoms with van der Waals surface area (Å²) in [6.45, 7) is 1.88. The SMILES string of the molecule is O=C(NC1CC1)N1CCc2ccc(=O)n(Cc3ccncc3)c2CC1. The van der Waals surface area contributed by atoms with E-state index >= 15 is 0 Å². The Balaban J connectivity index is 1.56. The van der Waals surface area contributed by atoms with E-state index in [1.165, 1.54) is 0 Å². The minimum Gasteiger partial charge on any atom is -0.335 e. The van der Waals surface area contributed by atoms with Crippen molar-refractivity contribution < 1.29 is 4.79 Å². The molecule has 6 heteroatoms. The zero-order valence-electron chi connectivity index (χ0n) is 14.1. The second kappa shape index (κ2) is 6.70. The fourth-order valence-electron chi connectivity index (χ4n) is 3.34. The summed E-state index contributed by atoms with van der Waals surface area (Å²) in [6, 6.07) is 7.81. The van der Waals surface area contributed by atoms with Gasteiger partial charge in [-0.05, 0) is 42.5 Å². The third-order valence-electron chi connectivity index (χ3n) is 4.94. The van der Waals surface area contributed by atoms with Gasteiger partial charge in [-0.15, -0.1) is 0 Å². The van der Waals surface area contributed by atoms with Gasteiger partial charge in [-0.2, -0.15) is 0 Å². The van der Waals surface area contributed by atoms with Crippen molar-refractivity contribution in [2.45, 2.75) is 38.3 Å². The fourth-order valence-corrected chi connectivity index (χ4v) is 3.34. The largest absolute Gasteiger partial charge is 0.335 e. The van der Waals surface area contributed by atoms with Crippen LogP contribution in [0.4, 0.5) is 4.79 Å². The van der Waals surface area contributed by atoms with Crippen molar-refractivity contribution in [3.05, 3.63) is 63.8 Å². The molecule has 0 spiro atoms. The minimum absolute atomic E-state index is 0.00597. The highest BCUT2D eigenvalue weighted by Gasteiger charge is 2.27. The first-order chi connectivity index (χ1) is 12.2. The number of nitrogens with zero attached hydrogens (tertiary/aromatic N) is 3. The number of carbonyl (C=O) groups excluding carboxylic acids is 1. The van der Waals surface area contributed by atoms with Gasteiger partial charge in [-0.25, -0.2) is 4.79 Å². The van der Waals surface area contributed by atoms with Crippen molar-refractivity contribution >= 4 is 6.03 Å². The third kappa shape index (κ3) is 3.57. The number of hydrogen-bond donors (Lipinski definition) is 1. The zero-order valence-corrected chi connectivity index (χ0v) is 14.1. The summed E-state index contributed by atoms with van der Waals surface area (Å²) in [5, 5.41) is 3.06. The van der Waals surface area contributed by atoms with Crippen molar-refractivity contribution in [1.82, 2.24) is 19.8 Å². The van der Waals surface area contributed by atoms with Crippen molar-refractivity contribution in [3.63, 3.8) is 0 Å². The highest BCUT2D eigenvalue weighted by atomic mass is 16.2. The van der Waals surface area contributed by atoms with Gasteiger partial charge in [0.25, 0.3) is 5.56 Å². The second-order valence-electron chi connectivity index (χ2n) is 6.80. The van der Waals surface area contributed by atoms with E-state index in [2.05, 4.69) is 10.3 Å². The van der Waals surface area contributed by atoms with E-state index < -0.39 is 0 Å². The lowest BCUT2D eigenvalue weighted by Gasteiger charge is -2.20. The first-order valence-corrected chi connectivity index (χ1v) is 8.86. The van der Waals surface area contributed by atoms with Crippen LogP contribution < -0.4 is 10.9 Å². The first-order valence-electron chi connectivity index (χ1n) is 8.86. The molecular weight excluding hydrogens is 316 g/mol. The average molecular weight is 338 g/mol. The molecule has 3 heterocycles. The Hall–Kier alpha value is -2.63. The Bertz CT molecular complexity index is 827. The molecule has 1 aliphatic heterocycles. The summed E-state index contributed by atoms with van der Waals surface area (Å²) in [4.78, 5) is 30.7. The van der Waals surface area contributed by atoms with Crippen LogP contribution in [-0.2, 0) is 19.4 Å². The lowest BCUT2D eigenvalue weighted by molar-refractivity contribution is 0.199. The predicted molar refractivity (Wildman–Crippen MR) is 94.6 cm³/mol. The Morgan fingerprint density at radius 1 is 1.12 bits per heavy atom. The van der Waals surface area contributed by atoms with E-state index in [0.29, 0.717) is 32.1 Å². The van der Waals surface area contributed by atoms with Crippen LogP contribution in [0.3, 0.4) is 0 Å². The maximum Gasteiger partial charge on any atom is 0.317 e. The summed E-state index contributed by atoms with van der Waals surface area (Å²) in [6.07, 6.45) is 7.15. The molecule has 2 aromatic heterocycles. The maximum atomic E-state index is 12.4. The number of aromatic nitrogens is 2. The average Bonchev–Trinajstić information content (AvgIpc) is 3.44. The topological polar surface area (TPSA) is 67.2 Å². The van der Waals surface area contributed by atoms with Gasteiger partial charge < -0.3 is 14.8 Å². The van der Waals surface area contributed by atoms with Gasteiger partial charge in [0.15, 0.2) is 0 Å². The summed E-state index contributed by atoms with van der Waals surface area (Å²) < 4.78 is 1.84. The van der Waals surface area contributed by atoms with E-state index in [-0.39, 0.29) is 11.6 Å². The highest BCUT2D eigenvalue weighted by molar-refractivity contribution is 5.75. The number of amides is 2. The zero-order chi connectivity index (χ0) is 17.2. The van der Waals surface area contributed by atoms with Crippen molar-refractivity contribution in [1.29, 1.82) is 0 Å². The Morgan fingerprint density at radius 3 is 2.64 bits per heavy atom. The summed E-state index contributed by atoms with van der Waals surface area (Å²) >= 11 is 0. The smallest absolute Gasteiger partial charge is 0.317 e. The van der Waals surface area contributed by atoms with Crippen LogP contribution in [0.5, 0.6) is 0 Å². The van der Waals surface area contributed by atoms with Crippen molar-refractivity contribution in [3.8, 4) is 0 Å². The molecule has 0 radical (unpaired) electrons. The molecule has 0 bridgehead atoms. The normalized spacial score (nSPS) is 16.9. The molecule has 25 heavy (non-hydrogen) atoms. The molecule has 0 unspecified atom stereocenters. The summed E-state index contributed by atoms with van der Waals surface area (Å²) in [5.41, 5.74) is 3.27. The van der Waals surface area contributed by atoms with E-state index in [4.69, 9.17) is 0 Å². The van der Waals surface area contributed by atoms with Gasteiger partial charge in [0.05, 0.1) is 6.54 Å². The molecule has 1 N–H and O–H groups in total. The molecule has 0 saturated heterocycles. The molecule has 1 fully saturated rings. The van der Waals surface area contributed by atoms with E-state index in [1.807, 2.05) is 27.7 Å². The van der Waals surface area contributed by atoms with Crippen LogP contribution in [0.2, 0.25) is 0 Å². The molecule has 2 aliphatic rings. The molecule has 4 rings (SSSR count). The van der Waals surface area contributed by atoms with Crippen LogP contribution in [-0.4, -0.2) is 39.6 Å². The van der Waals surface area contributed by atoms with Gasteiger partial charge in [0.1, 0.15) is 0 Å². The van der Waals surface area contributed by atoms with Crippen LogP contribution in [0.15, 0.2) is 41.5 Å². The van der Waals surface area contributed by atoms with Crippen LogP contribution in [0, 0.1) is 0 Å². The quantitative estimate of drug-likeness (QED) is 0.924. The maximum absolute atomic E-state index is 12.4. The predicted octanol–water partition coefficient (Wildman–Crippen LogP) is 1.56. The number of nitrogens with one attached hydrogen (secondary N) is 1. The number of carbonyl (C=O) groups is 1. The number of hydrogen-bond acceptors (Lipinski definition) is 3. The van der Waals surface area contributed by atoms with E-state index in [1.54, 1.807) is 18.5 Å². The van der Waals surface area contributed by atoms with Crippen LogP contribution in [0.1, 0.15) is 29.7 Å². The molecule has 0 atom stereocenters. The minimum atomic E-state index is 0.00597. The van der Waals surface area contributed by atoms with Gasteiger partial charge >= 0.3 is 6.03 Å². The number of fused-ring (bicyclic) bond motifs is 1. The van der Waals surface area contributed by atoms with Gasteiger partial charge in [-0.3, -0.25) is 9.78 Å². The Morgan fingerprint density at radius 2 is 1.88 bits per heavy atom. The summed E-state index contributed by atoms with van der Waals surface area (Å²) in [5.74, 6) is 0. The molecule has 2 amide bonds. The van der Waals surface area contributed by atoms with Crippen LogP contribution in [0.25, 0.3) is 0 Å². The molecule has 1 aliphatic carbocycles.